The summed E-state index contributed by atoms with van der Waals surface area (Å²) < 4.78 is 11.2. The Kier molecular flexibility index (Phi) is 7.33. The van der Waals surface area contributed by atoms with Crippen molar-refractivity contribution in [1.29, 1.82) is 0 Å². The fourth-order valence-electron chi connectivity index (χ4n) is 5.09. The number of nitrogens with zero attached hydrogens (tertiary/aromatic N) is 1. The molecule has 4 aromatic rings. The lowest BCUT2D eigenvalue weighted by Gasteiger charge is -2.31. The smallest absolute Gasteiger partial charge is 0.305 e. The number of nitrogens with one attached hydrogen (secondary N) is 2. The average molecular weight is 608 g/mol. The van der Waals surface area contributed by atoms with Crippen molar-refractivity contribution in [2.24, 2.45) is 5.92 Å². The molecule has 3 unspecified atom stereocenters. The number of thioether (sulfide) groups is 1. The molecule has 41 heavy (non-hydrogen) atoms. The topological polar surface area (TPSA) is 118 Å². The van der Waals surface area contributed by atoms with Crippen molar-refractivity contribution in [2.75, 3.05) is 23.9 Å². The molecule has 3 atom stereocenters. The number of carbonyl (C=O) groups excluding carboxylic acids is 3. The molecular weight excluding hydrogens is 586 g/mol. The monoisotopic (exact) mass is 607 g/mol. The van der Waals surface area contributed by atoms with Gasteiger partial charge in [-0.15, -0.1) is 0 Å². The second-order valence-corrected chi connectivity index (χ2v) is 11.9. The van der Waals surface area contributed by atoms with Crippen LogP contribution in [0.1, 0.15) is 16.4 Å². The first-order valence-corrected chi connectivity index (χ1v) is 14.6. The zero-order chi connectivity index (χ0) is 28.7. The Morgan fingerprint density at radius 2 is 1.78 bits per heavy atom. The first-order valence-electron chi connectivity index (χ1n) is 12.5. The van der Waals surface area contributed by atoms with Crippen molar-refractivity contribution in [1.82, 2.24) is 4.98 Å². The Balaban J connectivity index is 1.37. The van der Waals surface area contributed by atoms with Gasteiger partial charge in [0, 0.05) is 27.1 Å². The molecule has 2 aliphatic rings. The zero-order valence-corrected chi connectivity index (χ0v) is 23.8. The van der Waals surface area contributed by atoms with E-state index in [1.165, 1.54) is 23.8 Å². The average Bonchev–Trinajstić information content (AvgIpc) is 3.47. The lowest BCUT2D eigenvalue weighted by molar-refractivity contribution is -0.122. The van der Waals surface area contributed by atoms with Crippen LogP contribution in [0.15, 0.2) is 82.6 Å². The summed E-state index contributed by atoms with van der Waals surface area (Å²) in [5.74, 6) is -1.80. The van der Waals surface area contributed by atoms with Crippen LogP contribution in [0.3, 0.4) is 0 Å². The van der Waals surface area contributed by atoms with E-state index in [0.29, 0.717) is 43.4 Å². The quantitative estimate of drug-likeness (QED) is 0.287. The molecule has 0 aliphatic carbocycles. The molecule has 2 aliphatic heterocycles. The molecule has 9 nitrogen and oxygen atoms in total. The van der Waals surface area contributed by atoms with Crippen LogP contribution in [0, 0.1) is 5.92 Å². The lowest BCUT2D eigenvalue weighted by Crippen LogP contribution is -2.32. The summed E-state index contributed by atoms with van der Waals surface area (Å²) >= 11 is 8.57. The van der Waals surface area contributed by atoms with Gasteiger partial charge in [0.25, 0.3) is 5.91 Å². The number of methoxy groups -OCH3 is 1. The first kappa shape index (κ1) is 27.1. The van der Waals surface area contributed by atoms with Crippen LogP contribution in [0.5, 0.6) is 11.5 Å². The van der Waals surface area contributed by atoms with E-state index in [1.54, 1.807) is 66.7 Å². The number of aromatic nitrogens is 1. The van der Waals surface area contributed by atoms with Crippen molar-refractivity contribution in [3.8, 4) is 11.5 Å². The number of para-hydroxylation sites is 1. The van der Waals surface area contributed by atoms with Crippen molar-refractivity contribution in [3.05, 3.63) is 97.9 Å². The van der Waals surface area contributed by atoms with Crippen LogP contribution < -0.4 is 24.6 Å². The third-order valence-corrected chi connectivity index (χ3v) is 9.51. The van der Waals surface area contributed by atoms with Gasteiger partial charge in [-0.2, -0.15) is 0 Å². The van der Waals surface area contributed by atoms with Crippen molar-refractivity contribution in [2.45, 2.75) is 16.2 Å². The van der Waals surface area contributed by atoms with Gasteiger partial charge in [-0.3, -0.25) is 19.2 Å². The van der Waals surface area contributed by atoms with Crippen LogP contribution in [0.25, 0.3) is 0 Å². The van der Waals surface area contributed by atoms with Gasteiger partial charge in [0.1, 0.15) is 16.7 Å². The minimum Gasteiger partial charge on any atom is -0.497 e. The van der Waals surface area contributed by atoms with E-state index >= 15 is 0 Å². The Labute approximate surface area is 247 Å². The molecule has 1 aromatic heterocycles. The van der Waals surface area contributed by atoms with E-state index < -0.39 is 23.0 Å². The van der Waals surface area contributed by atoms with Crippen LogP contribution >= 0.6 is 34.7 Å². The maximum absolute atomic E-state index is 14.0. The van der Waals surface area contributed by atoms with Gasteiger partial charge in [0.15, 0.2) is 6.61 Å². The SMILES string of the molecule is COc1ccc(N2C(=O)C3Sc4[nH]c(=O)sc4C(c4cc(Cl)ccc4OCC(=O)Nc4ccccc4)C3C2=O)cc1. The molecule has 0 radical (unpaired) electrons. The lowest BCUT2D eigenvalue weighted by atomic mass is 9.82. The third-order valence-electron chi connectivity index (χ3n) is 6.88. The molecule has 208 valence electrons. The number of benzene rings is 3. The van der Waals surface area contributed by atoms with Crippen LogP contribution in [-0.2, 0) is 14.4 Å². The minimum atomic E-state index is -0.840. The molecule has 0 bridgehead atoms. The van der Waals surface area contributed by atoms with E-state index in [1.807, 2.05) is 6.07 Å². The maximum Gasteiger partial charge on any atom is 0.305 e. The third kappa shape index (κ3) is 5.12. The minimum absolute atomic E-state index is 0.300. The van der Waals surface area contributed by atoms with Gasteiger partial charge in [-0.05, 0) is 54.6 Å². The van der Waals surface area contributed by atoms with E-state index in [0.717, 1.165) is 11.3 Å². The number of rotatable bonds is 7. The number of carbonyl (C=O) groups is 3. The second-order valence-electron chi connectivity index (χ2n) is 9.34. The number of halogens is 1. The van der Waals surface area contributed by atoms with Gasteiger partial charge >= 0.3 is 4.87 Å². The normalized spacial score (nSPS) is 19.5. The predicted octanol–water partition coefficient (Wildman–Crippen LogP) is 4.91. The van der Waals surface area contributed by atoms with Crippen molar-refractivity contribution >= 4 is 63.8 Å². The molecule has 0 saturated carbocycles. The largest absolute Gasteiger partial charge is 0.497 e. The van der Waals surface area contributed by atoms with Crippen molar-refractivity contribution in [3.63, 3.8) is 0 Å². The standard InChI is InChI=1S/C29H22ClN3O6S2/c1-38-18-10-8-17(9-11-18)33-27(35)23-22(24-26(32-29(37)41-24)40-25(23)28(33)36)19-13-15(30)7-12-20(19)39-14-21(34)31-16-5-3-2-4-6-16/h2-13,22-23,25H,14H2,1H3,(H,31,34)(H,32,37). The summed E-state index contributed by atoms with van der Waals surface area (Å²) in [5, 5.41) is 2.88. The molecular formula is C29H22ClN3O6S2. The fourth-order valence-corrected chi connectivity index (χ4v) is 7.78. The number of thiazole rings is 1. The first-order chi connectivity index (χ1) is 19.8. The van der Waals surface area contributed by atoms with E-state index in [-0.39, 0.29) is 23.3 Å². The second kappa shape index (κ2) is 11.1. The number of amides is 3. The molecule has 12 heteroatoms. The Morgan fingerprint density at radius 3 is 2.51 bits per heavy atom. The van der Waals surface area contributed by atoms with E-state index in [2.05, 4.69) is 10.3 Å². The summed E-state index contributed by atoms with van der Waals surface area (Å²) in [7, 11) is 1.53. The molecule has 3 aromatic carbocycles. The highest BCUT2D eigenvalue weighted by molar-refractivity contribution is 8.00. The van der Waals surface area contributed by atoms with E-state index in [9.17, 15) is 19.2 Å². The van der Waals surface area contributed by atoms with Crippen molar-refractivity contribution < 1.29 is 23.9 Å². The fraction of sp³-hybridized carbons (Fsp3) is 0.172. The molecule has 3 heterocycles. The summed E-state index contributed by atoms with van der Waals surface area (Å²) in [6, 6.07) is 20.6. The van der Waals surface area contributed by atoms with Crippen LogP contribution in [0.4, 0.5) is 11.4 Å². The highest BCUT2D eigenvalue weighted by Gasteiger charge is 2.56. The summed E-state index contributed by atoms with van der Waals surface area (Å²) in [6.07, 6.45) is 0. The zero-order valence-electron chi connectivity index (χ0n) is 21.5. The van der Waals surface area contributed by atoms with E-state index in [4.69, 9.17) is 21.1 Å². The van der Waals surface area contributed by atoms with Gasteiger partial charge in [0.2, 0.25) is 11.8 Å². The number of ether oxygens (including phenoxy) is 2. The molecule has 3 amide bonds. The number of aromatic amines is 1. The Morgan fingerprint density at radius 1 is 1.02 bits per heavy atom. The summed E-state index contributed by atoms with van der Waals surface area (Å²) in [6.45, 7) is -0.305. The van der Waals surface area contributed by atoms with Gasteiger partial charge < -0.3 is 19.8 Å². The summed E-state index contributed by atoms with van der Waals surface area (Å²) in [4.78, 5) is 57.1. The van der Waals surface area contributed by atoms with Crippen LogP contribution in [-0.4, -0.2) is 41.7 Å². The molecule has 0 spiro atoms. The Bertz CT molecular complexity index is 1710. The van der Waals surface area contributed by atoms with Gasteiger partial charge in [0.05, 0.1) is 23.7 Å². The molecule has 1 fully saturated rings. The number of imide groups is 1. The Hall–Kier alpha value is -4.06. The number of anilines is 2. The molecule has 1 saturated heterocycles. The molecule has 2 N–H and O–H groups in total. The maximum atomic E-state index is 14.0. The number of hydrogen-bond donors (Lipinski definition) is 2. The summed E-state index contributed by atoms with van der Waals surface area (Å²) in [5.41, 5.74) is 1.56. The highest BCUT2D eigenvalue weighted by atomic mass is 35.5. The van der Waals surface area contributed by atoms with Gasteiger partial charge in [-0.1, -0.05) is 52.9 Å². The number of H-pyrrole nitrogens is 1. The number of hydrogen-bond acceptors (Lipinski definition) is 8. The molecule has 6 rings (SSSR count). The highest BCUT2D eigenvalue weighted by Crippen LogP contribution is 2.54. The number of fused-ring (bicyclic) bond motifs is 2. The van der Waals surface area contributed by atoms with Gasteiger partial charge in [-0.25, -0.2) is 4.90 Å². The predicted molar refractivity (Wildman–Crippen MR) is 157 cm³/mol. The van der Waals surface area contributed by atoms with Crippen LogP contribution in [0.2, 0.25) is 5.02 Å².